The second-order valence-electron chi connectivity index (χ2n) is 14.6. The predicted molar refractivity (Wildman–Crippen MR) is 205 cm³/mol. The number of fused-ring (bicyclic) bond motifs is 2. The summed E-state index contributed by atoms with van der Waals surface area (Å²) in [6.45, 7) is 7.96. The van der Waals surface area contributed by atoms with Gasteiger partial charge < -0.3 is 42.5 Å². The number of nitrogens with zero attached hydrogens (tertiary/aromatic N) is 2. The zero-order chi connectivity index (χ0) is 40.2. The fourth-order valence-electron chi connectivity index (χ4n) is 6.83. The minimum absolute atomic E-state index is 0.0308. The number of aryl methyl sites for hydroxylation is 2. The highest BCUT2D eigenvalue weighted by Gasteiger charge is 2.54. The number of hydrogen-bond acceptors (Lipinski definition) is 7. The monoisotopic (exact) mass is 779 g/mol. The predicted octanol–water partition coefficient (Wildman–Crippen LogP) is 6.44. The summed E-state index contributed by atoms with van der Waals surface area (Å²) < 4.78 is 45.4. The van der Waals surface area contributed by atoms with Crippen LogP contribution >= 0.6 is 11.6 Å². The molecule has 0 radical (unpaired) electrons. The third-order valence-electron chi connectivity index (χ3n) is 8.99. The average Bonchev–Trinajstić information content (AvgIpc) is 3.59. The van der Waals surface area contributed by atoms with E-state index >= 15 is 8.63 Å². The standard InChI is InChI=1S/C39H45BClF2N5O7/c1-23-19-25(3)47-34(23)31(35-24(2)20-26(4)48(35)40(47,42)43)9-8-18-53-38(52)45-32(21-27-10-16-30(17-11-27)54-39(5,6)7)36(50)44-22-33(49)46-55-37(51)28-12-14-29(41)15-13-28/h10-17,19-20,32H,8-9,18,21-22H2,1-7H3,(H,44,50)(H,45,52)(H,46,49)/t32-/m0/s1. The molecule has 2 aromatic carbocycles. The molecular weight excluding hydrogens is 735 g/mol. The molecule has 292 valence electrons. The lowest BCUT2D eigenvalue weighted by molar-refractivity contribution is -0.363. The molecule has 0 unspecified atom stereocenters. The van der Waals surface area contributed by atoms with Gasteiger partial charge in [-0.2, -0.15) is 5.48 Å². The molecule has 3 amide bonds. The molecule has 55 heavy (non-hydrogen) atoms. The Morgan fingerprint density at radius 3 is 2.31 bits per heavy atom. The third-order valence-corrected chi connectivity index (χ3v) is 9.25. The van der Waals surface area contributed by atoms with Crippen LogP contribution in [0.25, 0.3) is 5.57 Å². The number of benzene rings is 2. The van der Waals surface area contributed by atoms with Crippen LogP contribution in [-0.2, 0) is 25.6 Å². The van der Waals surface area contributed by atoms with Gasteiger partial charge in [-0.05, 0) is 114 Å². The van der Waals surface area contributed by atoms with Gasteiger partial charge in [-0.25, -0.2) is 9.59 Å². The second kappa shape index (κ2) is 16.5. The van der Waals surface area contributed by atoms with Gasteiger partial charge in [0, 0.05) is 41.3 Å². The third kappa shape index (κ3) is 9.63. The summed E-state index contributed by atoms with van der Waals surface area (Å²) in [6.07, 6.45) is 1.56. The Hall–Kier alpha value is -5.44. The van der Waals surface area contributed by atoms with Crippen molar-refractivity contribution in [3.63, 3.8) is 0 Å². The zero-order valence-electron chi connectivity index (χ0n) is 31.8. The number of amides is 3. The first-order valence-corrected chi connectivity index (χ1v) is 18.2. The molecule has 0 spiro atoms. The van der Waals surface area contributed by atoms with Crippen molar-refractivity contribution in [2.24, 2.45) is 0 Å². The maximum absolute atomic E-state index is 15.9. The van der Waals surface area contributed by atoms with Gasteiger partial charge in [0.05, 0.1) is 18.7 Å². The number of carbonyl (C=O) groups excluding carboxylic acids is 4. The van der Waals surface area contributed by atoms with Gasteiger partial charge in [0.15, 0.2) is 5.70 Å². The Morgan fingerprint density at radius 1 is 0.982 bits per heavy atom. The molecule has 2 aliphatic rings. The molecule has 5 rings (SSSR count). The average molecular weight is 780 g/mol. The molecule has 3 N–H and O–H groups in total. The lowest BCUT2D eigenvalue weighted by atomic mass is 9.85. The van der Waals surface area contributed by atoms with Crippen LogP contribution in [0.4, 0.5) is 13.4 Å². The van der Waals surface area contributed by atoms with E-state index in [0.717, 1.165) is 25.7 Å². The molecule has 0 fully saturated rings. The Bertz CT molecular complexity index is 2090. The molecular formula is C39H45BClF2N5O7. The normalized spacial score (nSPS) is 15.1. The van der Waals surface area contributed by atoms with Gasteiger partial charge in [-0.15, -0.1) is 0 Å². The molecule has 0 saturated heterocycles. The summed E-state index contributed by atoms with van der Waals surface area (Å²) in [5.74, 6) is -1.75. The minimum atomic E-state index is -4.10. The van der Waals surface area contributed by atoms with Crippen LogP contribution in [0.1, 0.15) is 80.3 Å². The molecule has 0 bridgehead atoms. The number of alkyl carbamates (subject to hydrolysis) is 1. The van der Waals surface area contributed by atoms with Crippen molar-refractivity contribution in [1.29, 1.82) is 0 Å². The molecule has 16 heteroatoms. The summed E-state index contributed by atoms with van der Waals surface area (Å²) in [7, 11) is 0. The maximum Gasteiger partial charge on any atom is 0.737 e. The largest absolute Gasteiger partial charge is 0.737 e. The van der Waals surface area contributed by atoms with Crippen molar-refractivity contribution in [3.8, 4) is 5.75 Å². The topological polar surface area (TPSA) is 140 Å². The van der Waals surface area contributed by atoms with Crippen molar-refractivity contribution >= 4 is 53.7 Å². The quantitative estimate of drug-likeness (QED) is 0.109. The number of rotatable bonds is 12. The van der Waals surface area contributed by atoms with Gasteiger partial charge in [0.2, 0.25) is 5.91 Å². The first-order chi connectivity index (χ1) is 25.9. The van der Waals surface area contributed by atoms with Crippen LogP contribution in [0.2, 0.25) is 5.02 Å². The summed E-state index contributed by atoms with van der Waals surface area (Å²) in [6, 6.07) is 13.4. The lowest BCUT2D eigenvalue weighted by Gasteiger charge is -2.34. The zero-order valence-corrected chi connectivity index (χ0v) is 32.6. The van der Waals surface area contributed by atoms with Crippen molar-refractivity contribution < 1.29 is 46.6 Å². The Labute approximate surface area is 323 Å². The highest BCUT2D eigenvalue weighted by atomic mass is 35.5. The minimum Gasteiger partial charge on any atom is -0.488 e. The SMILES string of the molecule is CC1=CC(C)=[N+]2C1=C(CCCOC(=O)N[C@@H](Cc1ccc(OC(C)(C)C)cc1)C(=O)NCC(=O)NOC(=O)c1ccc(Cl)cc1)c1c(C)cc(C)n1[B-]2(F)F. The van der Waals surface area contributed by atoms with Crippen LogP contribution in [0.5, 0.6) is 5.75 Å². The number of hydrogen-bond donors (Lipinski definition) is 3. The number of aromatic nitrogens is 1. The van der Waals surface area contributed by atoms with E-state index in [2.05, 4.69) is 10.6 Å². The van der Waals surface area contributed by atoms with Gasteiger partial charge in [-0.1, -0.05) is 23.7 Å². The van der Waals surface area contributed by atoms with Crippen molar-refractivity contribution in [2.75, 3.05) is 13.2 Å². The number of nitrogens with one attached hydrogen (secondary N) is 3. The Balaban J connectivity index is 1.22. The fourth-order valence-corrected chi connectivity index (χ4v) is 6.96. The van der Waals surface area contributed by atoms with Crippen molar-refractivity contribution in [1.82, 2.24) is 20.6 Å². The van der Waals surface area contributed by atoms with E-state index < -0.39 is 49.0 Å². The number of allylic oxidation sites excluding steroid dienone is 3. The molecule has 1 aromatic heterocycles. The highest BCUT2D eigenvalue weighted by molar-refractivity contribution is 6.58. The smallest absolute Gasteiger partial charge is 0.488 e. The highest BCUT2D eigenvalue weighted by Crippen LogP contribution is 2.43. The summed E-state index contributed by atoms with van der Waals surface area (Å²) >= 11 is 5.84. The molecule has 0 aliphatic carbocycles. The number of halogens is 3. The lowest BCUT2D eigenvalue weighted by Crippen LogP contribution is -2.51. The van der Waals surface area contributed by atoms with Gasteiger partial charge in [0.25, 0.3) is 5.91 Å². The second-order valence-corrected chi connectivity index (χ2v) is 15.0. The molecule has 0 saturated carbocycles. The van der Waals surface area contributed by atoms with E-state index in [-0.39, 0.29) is 18.6 Å². The van der Waals surface area contributed by atoms with Crippen molar-refractivity contribution in [3.05, 3.63) is 105 Å². The van der Waals surface area contributed by atoms with Crippen LogP contribution in [0.3, 0.4) is 0 Å². The van der Waals surface area contributed by atoms with E-state index in [4.69, 9.17) is 25.9 Å². The maximum atomic E-state index is 15.9. The summed E-state index contributed by atoms with van der Waals surface area (Å²) in [4.78, 5) is 55.9. The van der Waals surface area contributed by atoms with Gasteiger partial charge in [-0.3, -0.25) is 9.59 Å². The van der Waals surface area contributed by atoms with Gasteiger partial charge >= 0.3 is 19.0 Å². The summed E-state index contributed by atoms with van der Waals surface area (Å²) in [5.41, 5.74) is 6.45. The summed E-state index contributed by atoms with van der Waals surface area (Å²) in [5, 5.41) is 5.45. The van der Waals surface area contributed by atoms with Crippen LogP contribution in [0.15, 0.2) is 71.9 Å². The van der Waals surface area contributed by atoms with Crippen molar-refractivity contribution in [2.45, 2.75) is 79.4 Å². The van der Waals surface area contributed by atoms with E-state index in [1.807, 2.05) is 40.1 Å². The van der Waals surface area contributed by atoms with E-state index in [9.17, 15) is 19.2 Å². The number of hydroxylamine groups is 1. The van der Waals surface area contributed by atoms with Crippen LogP contribution in [0, 0.1) is 13.8 Å². The van der Waals surface area contributed by atoms with Crippen LogP contribution < -0.4 is 20.9 Å². The molecule has 3 aromatic rings. The first kappa shape index (κ1) is 40.7. The van der Waals surface area contributed by atoms with E-state index in [1.54, 1.807) is 50.3 Å². The molecule has 2 aliphatic heterocycles. The first-order valence-electron chi connectivity index (χ1n) is 17.9. The van der Waals surface area contributed by atoms with Crippen LogP contribution in [-0.4, -0.2) is 70.3 Å². The Kier molecular flexibility index (Phi) is 12.2. The fraction of sp³-hybridized carbons (Fsp3) is 0.359. The number of ether oxygens (including phenoxy) is 2. The van der Waals surface area contributed by atoms with E-state index in [1.165, 1.54) is 24.3 Å². The Morgan fingerprint density at radius 2 is 1.65 bits per heavy atom. The number of carbonyl (C=O) groups is 4. The molecule has 3 heterocycles. The molecule has 12 nitrogen and oxygen atoms in total. The van der Waals surface area contributed by atoms with E-state index in [0.29, 0.717) is 52.0 Å². The molecule has 1 atom stereocenters. The van der Waals surface area contributed by atoms with Gasteiger partial charge in [0.1, 0.15) is 23.1 Å².